The van der Waals surface area contributed by atoms with Gasteiger partial charge in [0.05, 0.1) is 22.6 Å². The number of aromatic nitrogens is 1. The first kappa shape index (κ1) is 26.5. The van der Waals surface area contributed by atoms with E-state index in [0.29, 0.717) is 39.7 Å². The first-order valence-electron chi connectivity index (χ1n) is 10.9. The number of aliphatic carboxylic acids is 1. The zero-order valence-corrected chi connectivity index (χ0v) is 20.1. The van der Waals surface area contributed by atoms with Crippen LogP contribution in [0.25, 0.3) is 11.3 Å². The number of carboxylic acids is 1. The predicted octanol–water partition coefficient (Wildman–Crippen LogP) is 5.64. The number of rotatable bonds is 8. The number of benzene rings is 2. The summed E-state index contributed by atoms with van der Waals surface area (Å²) in [5.41, 5.74) is 0.408. The van der Waals surface area contributed by atoms with Crippen molar-refractivity contribution in [2.24, 2.45) is 0 Å². The van der Waals surface area contributed by atoms with Crippen LogP contribution in [-0.4, -0.2) is 34.2 Å². The van der Waals surface area contributed by atoms with Gasteiger partial charge in [0, 0.05) is 5.56 Å². The van der Waals surface area contributed by atoms with Crippen LogP contribution in [0.15, 0.2) is 54.6 Å². The molecule has 1 aromatic heterocycles. The molecule has 0 aliphatic heterocycles. The van der Waals surface area contributed by atoms with Crippen LogP contribution < -0.4 is 14.8 Å². The Balaban J connectivity index is 1.60. The van der Waals surface area contributed by atoms with Crippen molar-refractivity contribution in [2.45, 2.75) is 39.5 Å². The van der Waals surface area contributed by atoms with Gasteiger partial charge in [0.25, 0.3) is 5.91 Å². The second-order valence-corrected chi connectivity index (χ2v) is 8.59. The van der Waals surface area contributed by atoms with Crippen molar-refractivity contribution >= 4 is 17.6 Å². The van der Waals surface area contributed by atoms with E-state index in [1.165, 1.54) is 26.0 Å². The molecule has 0 unspecified atom stereocenters. The number of alkyl halides is 3. The van der Waals surface area contributed by atoms with E-state index >= 15 is 0 Å². The van der Waals surface area contributed by atoms with Crippen molar-refractivity contribution in [3.63, 3.8) is 0 Å². The highest BCUT2D eigenvalue weighted by Crippen LogP contribution is 2.31. The summed E-state index contributed by atoms with van der Waals surface area (Å²) in [6.45, 7) is 5.99. The lowest BCUT2D eigenvalue weighted by Crippen LogP contribution is -2.38. The number of hydrogen-bond acceptors (Lipinski definition) is 5. The van der Waals surface area contributed by atoms with Crippen LogP contribution >= 0.6 is 0 Å². The van der Waals surface area contributed by atoms with E-state index in [9.17, 15) is 27.9 Å². The second-order valence-electron chi connectivity index (χ2n) is 8.59. The number of amides is 1. The standard InChI is InChI=1S/C26H25F3N2O5/c1-15-13-19(9-12-22(15)36-25(3,4)24(33)34)35-14-23(32)31-20-10-11-21(30-16(20)2)17-5-7-18(8-6-17)26(27,28)29/h5-13H,14H2,1-4H3,(H,31,32)(H,33,34). The Hall–Kier alpha value is -4.08. The summed E-state index contributed by atoms with van der Waals surface area (Å²) < 4.78 is 49.4. The van der Waals surface area contributed by atoms with Crippen molar-refractivity contribution in [1.29, 1.82) is 0 Å². The normalized spacial score (nSPS) is 11.6. The summed E-state index contributed by atoms with van der Waals surface area (Å²) in [5.74, 6) is -0.757. The molecule has 3 aromatic rings. The molecular weight excluding hydrogens is 477 g/mol. The van der Waals surface area contributed by atoms with E-state index in [1.54, 1.807) is 44.2 Å². The number of pyridine rings is 1. The van der Waals surface area contributed by atoms with Crippen LogP contribution in [0.1, 0.15) is 30.7 Å². The lowest BCUT2D eigenvalue weighted by Gasteiger charge is -2.23. The quantitative estimate of drug-likeness (QED) is 0.414. The minimum Gasteiger partial charge on any atom is -0.484 e. The number of anilines is 1. The number of nitrogens with one attached hydrogen (secondary N) is 1. The largest absolute Gasteiger partial charge is 0.484 e. The Bertz CT molecular complexity index is 1270. The number of hydrogen-bond donors (Lipinski definition) is 2. The molecule has 0 saturated carbocycles. The highest BCUT2D eigenvalue weighted by atomic mass is 19.4. The van der Waals surface area contributed by atoms with Crippen molar-refractivity contribution in [1.82, 2.24) is 4.98 Å². The molecule has 0 aliphatic rings. The topological polar surface area (TPSA) is 97.8 Å². The van der Waals surface area contributed by atoms with Gasteiger partial charge in [-0.15, -0.1) is 0 Å². The zero-order valence-electron chi connectivity index (χ0n) is 20.1. The highest BCUT2D eigenvalue weighted by molar-refractivity contribution is 5.92. The van der Waals surface area contributed by atoms with Gasteiger partial charge in [0.15, 0.2) is 12.2 Å². The van der Waals surface area contributed by atoms with Gasteiger partial charge in [-0.2, -0.15) is 13.2 Å². The minimum absolute atomic E-state index is 0.291. The lowest BCUT2D eigenvalue weighted by molar-refractivity contribution is -0.152. The Morgan fingerprint density at radius 1 is 1.00 bits per heavy atom. The zero-order chi connectivity index (χ0) is 26.7. The van der Waals surface area contributed by atoms with Crippen molar-refractivity contribution < 1.29 is 37.3 Å². The Kier molecular flexibility index (Phi) is 7.57. The molecule has 0 spiro atoms. The molecule has 0 fully saturated rings. The third-order valence-electron chi connectivity index (χ3n) is 5.26. The number of ether oxygens (including phenoxy) is 2. The maximum atomic E-state index is 12.8. The van der Waals surface area contributed by atoms with Crippen LogP contribution in [0.5, 0.6) is 11.5 Å². The van der Waals surface area contributed by atoms with Crippen LogP contribution in [0.4, 0.5) is 18.9 Å². The van der Waals surface area contributed by atoms with Crippen LogP contribution in [0.3, 0.4) is 0 Å². The van der Waals surface area contributed by atoms with Gasteiger partial charge in [-0.05, 0) is 75.7 Å². The fraction of sp³-hybridized carbons (Fsp3) is 0.269. The van der Waals surface area contributed by atoms with Gasteiger partial charge in [0.2, 0.25) is 0 Å². The molecule has 36 heavy (non-hydrogen) atoms. The summed E-state index contributed by atoms with van der Waals surface area (Å²) in [5, 5.41) is 11.9. The molecule has 2 N–H and O–H groups in total. The highest BCUT2D eigenvalue weighted by Gasteiger charge is 2.30. The number of aryl methyl sites for hydroxylation is 2. The van der Waals surface area contributed by atoms with E-state index < -0.39 is 29.2 Å². The third-order valence-corrected chi connectivity index (χ3v) is 5.26. The molecule has 0 radical (unpaired) electrons. The maximum absolute atomic E-state index is 12.8. The predicted molar refractivity (Wildman–Crippen MR) is 127 cm³/mol. The molecule has 0 bridgehead atoms. The monoisotopic (exact) mass is 502 g/mol. The molecule has 1 heterocycles. The average Bonchev–Trinajstić information content (AvgIpc) is 2.80. The number of halogens is 3. The summed E-state index contributed by atoms with van der Waals surface area (Å²) in [6, 6.07) is 12.7. The molecule has 3 rings (SSSR count). The molecule has 10 heteroatoms. The smallest absolute Gasteiger partial charge is 0.416 e. The van der Waals surface area contributed by atoms with Gasteiger partial charge in [-0.3, -0.25) is 9.78 Å². The fourth-order valence-corrected chi connectivity index (χ4v) is 3.16. The summed E-state index contributed by atoms with van der Waals surface area (Å²) in [6.07, 6.45) is -4.41. The minimum atomic E-state index is -4.41. The molecule has 1 amide bonds. The van der Waals surface area contributed by atoms with Crippen molar-refractivity contribution in [3.8, 4) is 22.8 Å². The van der Waals surface area contributed by atoms with Gasteiger partial charge >= 0.3 is 12.1 Å². The fourth-order valence-electron chi connectivity index (χ4n) is 3.16. The summed E-state index contributed by atoms with van der Waals surface area (Å²) in [7, 11) is 0. The first-order valence-corrected chi connectivity index (χ1v) is 10.9. The number of carboxylic acid groups (broad SMARTS) is 1. The van der Waals surface area contributed by atoms with E-state index in [4.69, 9.17) is 9.47 Å². The van der Waals surface area contributed by atoms with Gasteiger partial charge in [-0.1, -0.05) is 12.1 Å². The number of nitrogens with zero attached hydrogens (tertiary/aromatic N) is 1. The number of carbonyl (C=O) groups is 2. The summed E-state index contributed by atoms with van der Waals surface area (Å²) in [4.78, 5) is 28.0. The summed E-state index contributed by atoms with van der Waals surface area (Å²) >= 11 is 0. The SMILES string of the molecule is Cc1cc(OCC(=O)Nc2ccc(-c3ccc(C(F)(F)F)cc3)nc2C)ccc1OC(C)(C)C(=O)O. The van der Waals surface area contributed by atoms with E-state index in [2.05, 4.69) is 10.3 Å². The Morgan fingerprint density at radius 2 is 1.67 bits per heavy atom. The van der Waals surface area contributed by atoms with Crippen LogP contribution in [0.2, 0.25) is 0 Å². The van der Waals surface area contributed by atoms with E-state index in [1.807, 2.05) is 0 Å². The average molecular weight is 502 g/mol. The van der Waals surface area contributed by atoms with Crippen LogP contribution in [0, 0.1) is 13.8 Å². The molecule has 7 nitrogen and oxygen atoms in total. The Labute approximate surface area is 205 Å². The Morgan fingerprint density at radius 3 is 2.22 bits per heavy atom. The maximum Gasteiger partial charge on any atom is 0.416 e. The lowest BCUT2D eigenvalue weighted by atomic mass is 10.1. The van der Waals surface area contributed by atoms with E-state index in [0.717, 1.165) is 12.1 Å². The molecular formula is C26H25F3N2O5. The van der Waals surface area contributed by atoms with Gasteiger partial charge in [0.1, 0.15) is 11.5 Å². The van der Waals surface area contributed by atoms with Gasteiger partial charge in [-0.25, -0.2) is 4.79 Å². The van der Waals surface area contributed by atoms with E-state index in [-0.39, 0.29) is 6.61 Å². The van der Waals surface area contributed by atoms with Crippen molar-refractivity contribution in [2.75, 3.05) is 11.9 Å². The van der Waals surface area contributed by atoms with Crippen molar-refractivity contribution in [3.05, 3.63) is 71.4 Å². The number of carbonyl (C=O) groups excluding carboxylic acids is 1. The van der Waals surface area contributed by atoms with Crippen LogP contribution in [-0.2, 0) is 15.8 Å². The molecule has 190 valence electrons. The molecule has 0 saturated heterocycles. The van der Waals surface area contributed by atoms with Gasteiger partial charge < -0.3 is 19.9 Å². The third kappa shape index (κ3) is 6.53. The molecule has 0 atom stereocenters. The second kappa shape index (κ2) is 10.3. The molecule has 2 aromatic carbocycles. The molecule has 0 aliphatic carbocycles. The first-order chi connectivity index (χ1) is 16.8.